The Labute approximate surface area is 200 Å². The summed E-state index contributed by atoms with van der Waals surface area (Å²) in [4.78, 5) is 22.6. The van der Waals surface area contributed by atoms with Gasteiger partial charge in [-0.3, -0.25) is 14.4 Å². The van der Waals surface area contributed by atoms with Gasteiger partial charge in [-0.25, -0.2) is 4.98 Å². The third-order valence-corrected chi connectivity index (χ3v) is 6.28. The van der Waals surface area contributed by atoms with Gasteiger partial charge in [0.1, 0.15) is 11.4 Å². The molecular weight excluding hydrogens is 446 g/mol. The van der Waals surface area contributed by atoms with Gasteiger partial charge >= 0.3 is 0 Å². The summed E-state index contributed by atoms with van der Waals surface area (Å²) in [6.45, 7) is 16.1. The van der Waals surface area contributed by atoms with E-state index >= 15 is 0 Å². The molecule has 0 aliphatic carbocycles. The lowest BCUT2D eigenvalue weighted by atomic mass is 10.3. The molecule has 3 aromatic rings. The Kier molecular flexibility index (Phi) is 9.48. The van der Waals surface area contributed by atoms with E-state index < -0.39 is 0 Å². The predicted octanol–water partition coefficient (Wildman–Crippen LogP) is 5.19. The fourth-order valence-electron chi connectivity index (χ4n) is 3.54. The van der Waals surface area contributed by atoms with Crippen LogP contribution in [0.5, 0.6) is 5.75 Å². The summed E-state index contributed by atoms with van der Waals surface area (Å²) in [5.41, 5.74) is 2.31. The SMILES string of the molecule is CCOc1ccc2nc(N(CCN(CC)CC)C(=O)c3cc(C)nn3C(C)C)sc2c1.Cl. The van der Waals surface area contributed by atoms with Crippen LogP contribution in [-0.4, -0.2) is 58.4 Å². The van der Waals surface area contributed by atoms with Crippen LogP contribution < -0.4 is 9.64 Å². The summed E-state index contributed by atoms with van der Waals surface area (Å²) < 4.78 is 8.45. The maximum atomic E-state index is 13.7. The zero-order valence-electron chi connectivity index (χ0n) is 19.8. The molecule has 0 N–H and O–H groups in total. The molecule has 0 spiro atoms. The van der Waals surface area contributed by atoms with Crippen molar-refractivity contribution in [1.82, 2.24) is 19.7 Å². The van der Waals surface area contributed by atoms with Crippen molar-refractivity contribution in [3.8, 4) is 5.75 Å². The zero-order valence-corrected chi connectivity index (χ0v) is 21.4. The predicted molar refractivity (Wildman–Crippen MR) is 135 cm³/mol. The Morgan fingerprint density at radius 1 is 1.16 bits per heavy atom. The quantitative estimate of drug-likeness (QED) is 0.400. The molecule has 0 aliphatic heterocycles. The third-order valence-electron chi connectivity index (χ3n) is 5.24. The number of carbonyl (C=O) groups excluding carboxylic acids is 1. The Morgan fingerprint density at radius 3 is 2.50 bits per heavy atom. The minimum Gasteiger partial charge on any atom is -0.494 e. The van der Waals surface area contributed by atoms with Crippen molar-refractivity contribution in [3.63, 3.8) is 0 Å². The first-order valence-electron chi connectivity index (χ1n) is 11.0. The third kappa shape index (κ3) is 5.79. The van der Waals surface area contributed by atoms with Crippen LogP contribution >= 0.6 is 23.7 Å². The summed E-state index contributed by atoms with van der Waals surface area (Å²) in [6, 6.07) is 7.84. The number of halogens is 1. The zero-order chi connectivity index (χ0) is 22.5. The van der Waals surface area contributed by atoms with Crippen LogP contribution in [0, 0.1) is 6.92 Å². The number of likely N-dealkylation sites (N-methyl/N-ethyl adjacent to an activating group) is 1. The smallest absolute Gasteiger partial charge is 0.278 e. The molecule has 0 radical (unpaired) electrons. The molecule has 0 fully saturated rings. The van der Waals surface area contributed by atoms with Gasteiger partial charge in [-0.15, -0.1) is 12.4 Å². The number of carbonyl (C=O) groups is 1. The number of anilines is 1. The van der Waals surface area contributed by atoms with Crippen LogP contribution in [-0.2, 0) is 0 Å². The minimum atomic E-state index is -0.0643. The van der Waals surface area contributed by atoms with E-state index in [2.05, 4.69) is 23.8 Å². The number of hydrogen-bond donors (Lipinski definition) is 0. The molecule has 0 atom stereocenters. The van der Waals surface area contributed by atoms with Crippen molar-refractivity contribution in [3.05, 3.63) is 35.7 Å². The van der Waals surface area contributed by atoms with Gasteiger partial charge in [0.05, 0.1) is 22.5 Å². The van der Waals surface area contributed by atoms with E-state index in [9.17, 15) is 4.79 Å². The highest BCUT2D eigenvalue weighted by atomic mass is 35.5. The first-order valence-corrected chi connectivity index (χ1v) is 11.8. The lowest BCUT2D eigenvalue weighted by Crippen LogP contribution is -2.39. The molecule has 2 aromatic heterocycles. The highest BCUT2D eigenvalue weighted by Crippen LogP contribution is 2.32. The minimum absolute atomic E-state index is 0. The number of ether oxygens (including phenoxy) is 1. The molecule has 3 rings (SSSR count). The summed E-state index contributed by atoms with van der Waals surface area (Å²) in [5, 5.41) is 5.24. The second-order valence-corrected chi connectivity index (χ2v) is 8.76. The van der Waals surface area contributed by atoms with Gasteiger partial charge in [-0.05, 0) is 65.0 Å². The standard InChI is InChI=1S/C23H33N5O2S.ClH/c1-7-26(8-2)12-13-27(22(29)20-14-17(6)25-28(20)16(4)5)23-24-19-11-10-18(30-9-3)15-21(19)31-23;/h10-11,14-16H,7-9,12-13H2,1-6H3;1H. The Morgan fingerprint density at radius 2 is 1.88 bits per heavy atom. The van der Waals surface area contributed by atoms with E-state index in [1.165, 1.54) is 11.3 Å². The number of nitrogens with zero attached hydrogens (tertiary/aromatic N) is 5. The molecule has 0 saturated carbocycles. The molecule has 7 nitrogen and oxygen atoms in total. The Bertz CT molecular complexity index is 1030. The number of fused-ring (bicyclic) bond motifs is 1. The second kappa shape index (κ2) is 11.6. The van der Waals surface area contributed by atoms with Crippen molar-refractivity contribution in [2.45, 2.75) is 47.6 Å². The number of thiazole rings is 1. The van der Waals surface area contributed by atoms with Gasteiger partial charge < -0.3 is 9.64 Å². The van der Waals surface area contributed by atoms with Crippen LogP contribution in [0.1, 0.15) is 56.8 Å². The normalized spacial score (nSPS) is 11.2. The first-order chi connectivity index (χ1) is 14.9. The molecule has 176 valence electrons. The number of hydrogen-bond acceptors (Lipinski definition) is 6. The van der Waals surface area contributed by atoms with Crippen LogP contribution in [0.25, 0.3) is 10.2 Å². The van der Waals surface area contributed by atoms with Crippen LogP contribution in [0.3, 0.4) is 0 Å². The van der Waals surface area contributed by atoms with Gasteiger partial charge in [0.15, 0.2) is 5.13 Å². The molecule has 1 aromatic carbocycles. The summed E-state index contributed by atoms with van der Waals surface area (Å²) in [5.74, 6) is 0.755. The maximum absolute atomic E-state index is 13.7. The molecule has 32 heavy (non-hydrogen) atoms. The second-order valence-electron chi connectivity index (χ2n) is 7.75. The van der Waals surface area contributed by atoms with Crippen molar-refractivity contribution >= 4 is 45.0 Å². The average Bonchev–Trinajstić information content (AvgIpc) is 3.34. The number of aryl methyl sites for hydroxylation is 1. The van der Waals surface area contributed by atoms with Gasteiger partial charge in [-0.1, -0.05) is 25.2 Å². The van der Waals surface area contributed by atoms with E-state index in [1.807, 2.05) is 56.6 Å². The molecule has 0 aliphatic rings. The van der Waals surface area contributed by atoms with Crippen molar-refractivity contribution in [2.24, 2.45) is 0 Å². The fraction of sp³-hybridized carbons (Fsp3) is 0.522. The van der Waals surface area contributed by atoms with E-state index in [0.29, 0.717) is 24.0 Å². The van der Waals surface area contributed by atoms with Crippen LogP contribution in [0.15, 0.2) is 24.3 Å². The highest BCUT2D eigenvalue weighted by molar-refractivity contribution is 7.22. The maximum Gasteiger partial charge on any atom is 0.278 e. The Balaban J connectivity index is 0.00000363. The van der Waals surface area contributed by atoms with E-state index in [1.54, 1.807) is 4.90 Å². The van der Waals surface area contributed by atoms with Crippen molar-refractivity contribution < 1.29 is 9.53 Å². The highest BCUT2D eigenvalue weighted by Gasteiger charge is 2.26. The molecular formula is C23H34ClN5O2S. The average molecular weight is 480 g/mol. The van der Waals surface area contributed by atoms with Crippen molar-refractivity contribution in [1.29, 1.82) is 0 Å². The van der Waals surface area contributed by atoms with E-state index in [0.717, 1.165) is 41.3 Å². The van der Waals surface area contributed by atoms with E-state index in [-0.39, 0.29) is 24.4 Å². The lowest BCUT2D eigenvalue weighted by molar-refractivity contribution is 0.0971. The summed E-state index contributed by atoms with van der Waals surface area (Å²) in [6.07, 6.45) is 0. The molecule has 9 heteroatoms. The monoisotopic (exact) mass is 479 g/mol. The fourth-order valence-corrected chi connectivity index (χ4v) is 4.56. The number of rotatable bonds is 10. The van der Waals surface area contributed by atoms with E-state index in [4.69, 9.17) is 9.72 Å². The summed E-state index contributed by atoms with van der Waals surface area (Å²) in [7, 11) is 0. The van der Waals surface area contributed by atoms with Crippen LogP contribution in [0.2, 0.25) is 0 Å². The molecule has 0 unspecified atom stereocenters. The molecule has 0 saturated heterocycles. The number of amides is 1. The lowest BCUT2D eigenvalue weighted by Gasteiger charge is -2.25. The number of aromatic nitrogens is 3. The number of benzene rings is 1. The molecule has 0 bridgehead atoms. The molecule has 1 amide bonds. The van der Waals surface area contributed by atoms with Gasteiger partial charge in [-0.2, -0.15) is 5.10 Å². The topological polar surface area (TPSA) is 63.5 Å². The van der Waals surface area contributed by atoms with Crippen molar-refractivity contribution in [2.75, 3.05) is 37.7 Å². The first kappa shape index (κ1) is 26.1. The Hall–Kier alpha value is -2.16. The molecule has 2 heterocycles. The van der Waals surface area contributed by atoms with Crippen LogP contribution in [0.4, 0.5) is 5.13 Å². The largest absolute Gasteiger partial charge is 0.494 e. The van der Waals surface area contributed by atoms with Gasteiger partial charge in [0.2, 0.25) is 0 Å². The van der Waals surface area contributed by atoms with Gasteiger partial charge in [0, 0.05) is 19.1 Å². The summed E-state index contributed by atoms with van der Waals surface area (Å²) >= 11 is 1.52. The van der Waals surface area contributed by atoms with Gasteiger partial charge in [0.25, 0.3) is 5.91 Å².